The second-order valence-corrected chi connectivity index (χ2v) is 9.79. The van der Waals surface area contributed by atoms with Gasteiger partial charge in [0.2, 0.25) is 0 Å². The number of fused-ring (bicyclic) bond motifs is 1. The lowest BCUT2D eigenvalue weighted by molar-refractivity contribution is 0.284. The standard InChI is InChI=1S/C28H27BrClN3O3/c1-4-5-6-26-32-24-12-11-21(29)15-22(24)28(34)33(26)31-16-20-13-23(30)27(25(14-20)35-3)36-17-19-9-7-18(2)8-10-19/h7-16H,4-6,17H2,1-3H3. The van der Waals surface area contributed by atoms with E-state index in [4.69, 9.17) is 26.1 Å². The number of aryl methyl sites for hydroxylation is 2. The van der Waals surface area contributed by atoms with E-state index >= 15 is 0 Å². The van der Waals surface area contributed by atoms with Crippen molar-refractivity contribution in [1.82, 2.24) is 9.66 Å². The third-order valence-electron chi connectivity index (χ3n) is 5.71. The van der Waals surface area contributed by atoms with Crippen molar-refractivity contribution in [2.75, 3.05) is 7.11 Å². The Balaban J connectivity index is 1.66. The monoisotopic (exact) mass is 567 g/mol. The number of benzene rings is 3. The van der Waals surface area contributed by atoms with Crippen LogP contribution in [0.25, 0.3) is 10.9 Å². The Morgan fingerprint density at radius 1 is 1.14 bits per heavy atom. The van der Waals surface area contributed by atoms with Crippen molar-refractivity contribution in [1.29, 1.82) is 0 Å². The van der Waals surface area contributed by atoms with Gasteiger partial charge in [0.15, 0.2) is 11.5 Å². The van der Waals surface area contributed by atoms with E-state index in [-0.39, 0.29) is 5.56 Å². The number of hydrogen-bond donors (Lipinski definition) is 0. The highest BCUT2D eigenvalue weighted by atomic mass is 79.9. The number of halogens is 2. The Kier molecular flexibility index (Phi) is 8.44. The van der Waals surface area contributed by atoms with Crippen molar-refractivity contribution in [3.63, 3.8) is 0 Å². The van der Waals surface area contributed by atoms with Crippen molar-refractivity contribution in [3.8, 4) is 11.5 Å². The van der Waals surface area contributed by atoms with Gasteiger partial charge in [-0.3, -0.25) is 4.79 Å². The quantitative estimate of drug-likeness (QED) is 0.205. The minimum absolute atomic E-state index is 0.222. The Hall–Kier alpha value is -3.16. The summed E-state index contributed by atoms with van der Waals surface area (Å²) in [6, 6.07) is 17.1. The van der Waals surface area contributed by atoms with Gasteiger partial charge in [0.05, 0.1) is 29.2 Å². The fourth-order valence-corrected chi connectivity index (χ4v) is 4.36. The van der Waals surface area contributed by atoms with Crippen molar-refractivity contribution < 1.29 is 9.47 Å². The van der Waals surface area contributed by atoms with E-state index in [1.54, 1.807) is 31.5 Å². The van der Waals surface area contributed by atoms with Gasteiger partial charge in [-0.1, -0.05) is 70.7 Å². The third-order valence-corrected chi connectivity index (χ3v) is 6.48. The predicted octanol–water partition coefficient (Wildman–Crippen LogP) is 6.93. The molecule has 0 saturated carbocycles. The average Bonchev–Trinajstić information content (AvgIpc) is 2.87. The highest BCUT2D eigenvalue weighted by Gasteiger charge is 2.14. The van der Waals surface area contributed by atoms with Gasteiger partial charge >= 0.3 is 0 Å². The number of aromatic nitrogens is 2. The van der Waals surface area contributed by atoms with Gasteiger partial charge in [-0.2, -0.15) is 9.78 Å². The Bertz CT molecular complexity index is 1470. The smallest absolute Gasteiger partial charge is 0.282 e. The lowest BCUT2D eigenvalue weighted by atomic mass is 10.1. The summed E-state index contributed by atoms with van der Waals surface area (Å²) in [6.45, 7) is 4.50. The Morgan fingerprint density at radius 2 is 1.92 bits per heavy atom. The molecule has 0 radical (unpaired) electrons. The molecule has 0 aliphatic rings. The zero-order valence-corrected chi connectivity index (χ0v) is 22.8. The molecule has 4 rings (SSSR count). The number of rotatable bonds is 9. The molecule has 0 unspecified atom stereocenters. The first-order chi connectivity index (χ1) is 17.4. The second-order valence-electron chi connectivity index (χ2n) is 8.46. The summed E-state index contributed by atoms with van der Waals surface area (Å²) in [7, 11) is 1.56. The number of nitrogens with zero attached hydrogens (tertiary/aromatic N) is 3. The highest BCUT2D eigenvalue weighted by Crippen LogP contribution is 2.36. The molecular formula is C28H27BrClN3O3. The predicted molar refractivity (Wildman–Crippen MR) is 149 cm³/mol. The van der Waals surface area contributed by atoms with Crippen molar-refractivity contribution in [2.45, 2.75) is 39.7 Å². The summed E-state index contributed by atoms with van der Waals surface area (Å²) in [6.07, 6.45) is 4.11. The van der Waals surface area contributed by atoms with Crippen LogP contribution in [0.1, 0.15) is 42.3 Å². The van der Waals surface area contributed by atoms with Gasteiger partial charge in [0.25, 0.3) is 5.56 Å². The molecule has 6 nitrogen and oxygen atoms in total. The molecule has 0 bridgehead atoms. The van der Waals surface area contributed by atoms with Crippen LogP contribution in [-0.2, 0) is 13.0 Å². The number of hydrogen-bond acceptors (Lipinski definition) is 5. The van der Waals surface area contributed by atoms with E-state index in [0.29, 0.717) is 51.8 Å². The zero-order chi connectivity index (χ0) is 25.7. The Morgan fingerprint density at radius 3 is 2.64 bits per heavy atom. The summed E-state index contributed by atoms with van der Waals surface area (Å²) in [5, 5.41) is 5.39. The van der Waals surface area contributed by atoms with Crippen LogP contribution in [-0.4, -0.2) is 23.0 Å². The van der Waals surface area contributed by atoms with Crippen LogP contribution in [0, 0.1) is 6.92 Å². The third kappa shape index (κ3) is 5.97. The highest BCUT2D eigenvalue weighted by molar-refractivity contribution is 9.10. The maximum atomic E-state index is 13.3. The normalized spacial score (nSPS) is 11.4. The maximum Gasteiger partial charge on any atom is 0.282 e. The summed E-state index contributed by atoms with van der Waals surface area (Å²) >= 11 is 9.99. The zero-order valence-electron chi connectivity index (χ0n) is 20.4. The van der Waals surface area contributed by atoms with Crippen molar-refractivity contribution in [2.24, 2.45) is 5.10 Å². The molecule has 3 aromatic carbocycles. The molecule has 186 valence electrons. The maximum absolute atomic E-state index is 13.3. The van der Waals surface area contributed by atoms with E-state index in [1.165, 1.54) is 10.2 Å². The van der Waals surface area contributed by atoms with Crippen LogP contribution in [0.15, 0.2) is 69.0 Å². The lowest BCUT2D eigenvalue weighted by Gasteiger charge is -2.14. The SMILES string of the molecule is CCCCc1nc2ccc(Br)cc2c(=O)n1N=Cc1cc(Cl)c(OCc2ccc(C)cc2)c(OC)c1. The van der Waals surface area contributed by atoms with Gasteiger partial charge < -0.3 is 9.47 Å². The first kappa shape index (κ1) is 25.9. The molecule has 0 amide bonds. The van der Waals surface area contributed by atoms with Crippen LogP contribution in [0.4, 0.5) is 0 Å². The van der Waals surface area contributed by atoms with Crippen molar-refractivity contribution in [3.05, 3.63) is 97.0 Å². The molecule has 4 aromatic rings. The molecule has 0 atom stereocenters. The van der Waals surface area contributed by atoms with E-state index in [1.807, 2.05) is 43.3 Å². The van der Waals surface area contributed by atoms with Gasteiger partial charge in [0.1, 0.15) is 12.4 Å². The molecule has 1 heterocycles. The fourth-order valence-electron chi connectivity index (χ4n) is 3.73. The van der Waals surface area contributed by atoms with Crippen LogP contribution in [0.5, 0.6) is 11.5 Å². The minimum Gasteiger partial charge on any atom is -0.493 e. The fraction of sp³-hybridized carbons (Fsp3) is 0.250. The van der Waals surface area contributed by atoms with Gasteiger partial charge in [0, 0.05) is 10.9 Å². The summed E-state index contributed by atoms with van der Waals surface area (Å²) in [5.41, 5.74) is 3.31. The van der Waals surface area contributed by atoms with Crippen LogP contribution < -0.4 is 15.0 Å². The number of unbranched alkanes of at least 4 members (excludes halogenated alkanes) is 1. The largest absolute Gasteiger partial charge is 0.493 e. The molecule has 36 heavy (non-hydrogen) atoms. The first-order valence-corrected chi connectivity index (χ1v) is 12.9. The molecule has 0 spiro atoms. The van der Waals surface area contributed by atoms with Crippen molar-refractivity contribution >= 4 is 44.6 Å². The van der Waals surface area contributed by atoms with Gasteiger partial charge in [-0.15, -0.1) is 0 Å². The molecule has 8 heteroatoms. The van der Waals surface area contributed by atoms with E-state index in [9.17, 15) is 4.79 Å². The lowest BCUT2D eigenvalue weighted by Crippen LogP contribution is -2.22. The van der Waals surface area contributed by atoms with E-state index in [2.05, 4.69) is 28.0 Å². The topological polar surface area (TPSA) is 65.7 Å². The summed E-state index contributed by atoms with van der Waals surface area (Å²) < 4.78 is 13.7. The van der Waals surface area contributed by atoms with Crippen LogP contribution in [0.2, 0.25) is 5.02 Å². The Labute approximate surface area is 223 Å². The molecule has 1 aromatic heterocycles. The molecule has 0 aliphatic heterocycles. The average molecular weight is 569 g/mol. The van der Waals surface area contributed by atoms with Gasteiger partial charge in [-0.25, -0.2) is 4.98 Å². The van der Waals surface area contributed by atoms with Crippen LogP contribution >= 0.6 is 27.5 Å². The molecule has 0 aliphatic carbocycles. The van der Waals surface area contributed by atoms with Crippen LogP contribution in [0.3, 0.4) is 0 Å². The van der Waals surface area contributed by atoms with E-state index < -0.39 is 0 Å². The summed E-state index contributed by atoms with van der Waals surface area (Å²) in [5.74, 6) is 1.55. The first-order valence-electron chi connectivity index (χ1n) is 11.7. The second kappa shape index (κ2) is 11.7. The summed E-state index contributed by atoms with van der Waals surface area (Å²) in [4.78, 5) is 18.0. The number of ether oxygens (including phenoxy) is 2. The number of methoxy groups -OCH3 is 1. The minimum atomic E-state index is -0.222. The molecular weight excluding hydrogens is 542 g/mol. The molecule has 0 saturated heterocycles. The molecule has 0 N–H and O–H groups in total. The van der Waals surface area contributed by atoms with E-state index in [0.717, 1.165) is 22.9 Å². The van der Waals surface area contributed by atoms with Gasteiger partial charge in [-0.05, 0) is 54.8 Å². The molecule has 0 fully saturated rings.